The number of nitrogens with one attached hydrogen (secondary N) is 4. The van der Waals surface area contributed by atoms with Gasteiger partial charge in [-0.2, -0.15) is 0 Å². The summed E-state index contributed by atoms with van der Waals surface area (Å²) in [4.78, 5) is 0. The lowest BCUT2D eigenvalue weighted by molar-refractivity contribution is 0.476. The third-order valence-corrected chi connectivity index (χ3v) is 5.44. The maximum atomic E-state index is 10.9. The Morgan fingerprint density at radius 3 is 0.909 bits per heavy atom. The molecule has 2 rings (SSSR count). The predicted octanol–water partition coefficient (Wildman–Crippen LogP) is 6.70. The number of rotatable bonds is 10. The van der Waals surface area contributed by atoms with Crippen LogP contribution in [0.25, 0.3) is 0 Å². The lowest BCUT2D eigenvalue weighted by atomic mass is 9.77. The molecule has 0 amide bonds. The van der Waals surface area contributed by atoms with Crippen LogP contribution in [0.3, 0.4) is 0 Å². The van der Waals surface area contributed by atoms with E-state index in [1.165, 1.54) is 0 Å². The van der Waals surface area contributed by atoms with Crippen molar-refractivity contribution in [3.05, 3.63) is 35.4 Å². The van der Waals surface area contributed by atoms with Gasteiger partial charge in [-0.05, 0) is 90.8 Å². The SMILES string of the molecule is CC(C)Nc1cc(C(C)(C)c2cc(NC(C)C)c(O)c(NC(C)C)c2)cc(NC(C)C)c1O. The molecule has 6 nitrogen and oxygen atoms in total. The molecule has 0 aliphatic carbocycles. The number of phenols is 2. The summed E-state index contributed by atoms with van der Waals surface area (Å²) in [6.45, 7) is 20.8. The lowest BCUT2D eigenvalue weighted by Crippen LogP contribution is -2.22. The van der Waals surface area contributed by atoms with E-state index >= 15 is 0 Å². The number of anilines is 4. The normalized spacial score (nSPS) is 12.1. The van der Waals surface area contributed by atoms with Crippen molar-refractivity contribution in [1.29, 1.82) is 0 Å². The molecule has 0 aromatic heterocycles. The van der Waals surface area contributed by atoms with Crippen LogP contribution >= 0.6 is 0 Å². The van der Waals surface area contributed by atoms with Gasteiger partial charge in [0.2, 0.25) is 0 Å². The Morgan fingerprint density at radius 1 is 0.515 bits per heavy atom. The van der Waals surface area contributed by atoms with Crippen molar-refractivity contribution in [1.82, 2.24) is 0 Å². The van der Waals surface area contributed by atoms with Gasteiger partial charge in [0, 0.05) is 29.6 Å². The summed E-state index contributed by atoms with van der Waals surface area (Å²) in [5, 5.41) is 35.3. The van der Waals surface area contributed by atoms with E-state index < -0.39 is 5.41 Å². The summed E-state index contributed by atoms with van der Waals surface area (Å²) in [6, 6.07) is 8.82. The van der Waals surface area contributed by atoms with Gasteiger partial charge in [-0.25, -0.2) is 0 Å². The van der Waals surface area contributed by atoms with Crippen LogP contribution in [-0.2, 0) is 5.41 Å². The molecule has 33 heavy (non-hydrogen) atoms. The van der Waals surface area contributed by atoms with Crippen LogP contribution in [0.5, 0.6) is 11.5 Å². The van der Waals surface area contributed by atoms with Crippen LogP contribution in [0.15, 0.2) is 24.3 Å². The van der Waals surface area contributed by atoms with E-state index in [1.807, 2.05) is 24.3 Å². The number of phenolic OH excluding ortho intramolecular Hbond substituents is 2. The molecule has 0 saturated heterocycles. The zero-order valence-corrected chi connectivity index (χ0v) is 22.0. The van der Waals surface area contributed by atoms with E-state index in [0.29, 0.717) is 22.7 Å². The largest absolute Gasteiger partial charge is 0.504 e. The van der Waals surface area contributed by atoms with Crippen molar-refractivity contribution in [3.8, 4) is 11.5 Å². The standard InChI is InChI=1S/C27H44N4O2/c1-15(2)28-21-11-19(12-22(25(21)32)29-16(3)4)27(9,10)20-13-23(30-17(5)6)26(33)24(14-20)31-18(7)8/h11-18,28-33H,1-10H3. The monoisotopic (exact) mass is 456 g/mol. The third-order valence-electron chi connectivity index (χ3n) is 5.44. The molecule has 0 radical (unpaired) electrons. The summed E-state index contributed by atoms with van der Waals surface area (Å²) in [6.07, 6.45) is 0. The van der Waals surface area contributed by atoms with Gasteiger partial charge in [0.1, 0.15) is 0 Å². The molecular weight excluding hydrogens is 412 g/mol. The van der Waals surface area contributed by atoms with E-state index in [4.69, 9.17) is 0 Å². The molecular formula is C27H44N4O2. The quantitative estimate of drug-likeness (QED) is 0.223. The highest BCUT2D eigenvalue weighted by molar-refractivity contribution is 5.76. The van der Waals surface area contributed by atoms with E-state index in [9.17, 15) is 10.2 Å². The van der Waals surface area contributed by atoms with Crippen molar-refractivity contribution in [3.63, 3.8) is 0 Å². The Hall–Kier alpha value is -2.76. The Balaban J connectivity index is 2.70. The molecule has 2 aromatic rings. The first-order valence-corrected chi connectivity index (χ1v) is 12.0. The molecule has 0 atom stereocenters. The highest BCUT2D eigenvalue weighted by atomic mass is 16.3. The Morgan fingerprint density at radius 2 is 0.727 bits per heavy atom. The minimum atomic E-state index is -0.400. The molecule has 0 unspecified atom stereocenters. The molecule has 184 valence electrons. The summed E-state index contributed by atoms with van der Waals surface area (Å²) in [7, 11) is 0. The smallest absolute Gasteiger partial charge is 0.162 e. The average Bonchev–Trinajstić information content (AvgIpc) is 2.66. The summed E-state index contributed by atoms with van der Waals surface area (Å²) in [5.74, 6) is 0.457. The fourth-order valence-electron chi connectivity index (χ4n) is 3.84. The van der Waals surface area contributed by atoms with Crippen LogP contribution in [0.2, 0.25) is 0 Å². The van der Waals surface area contributed by atoms with Crippen molar-refractivity contribution >= 4 is 22.7 Å². The topological polar surface area (TPSA) is 88.6 Å². The number of benzene rings is 2. The second-order valence-electron chi connectivity index (χ2n) is 10.7. The van der Waals surface area contributed by atoms with Crippen molar-refractivity contribution in [2.75, 3.05) is 21.3 Å². The third kappa shape index (κ3) is 6.62. The van der Waals surface area contributed by atoms with Crippen LogP contribution in [0.1, 0.15) is 80.4 Å². The summed E-state index contributed by atoms with van der Waals surface area (Å²) < 4.78 is 0. The fraction of sp³-hybridized carbons (Fsp3) is 0.556. The summed E-state index contributed by atoms with van der Waals surface area (Å²) >= 11 is 0. The van der Waals surface area contributed by atoms with Gasteiger partial charge in [-0.15, -0.1) is 0 Å². The van der Waals surface area contributed by atoms with Gasteiger partial charge < -0.3 is 31.5 Å². The average molecular weight is 457 g/mol. The molecule has 0 heterocycles. The fourth-order valence-corrected chi connectivity index (χ4v) is 3.84. The highest BCUT2D eigenvalue weighted by Gasteiger charge is 2.28. The molecule has 0 aliphatic heterocycles. The van der Waals surface area contributed by atoms with Gasteiger partial charge >= 0.3 is 0 Å². The Labute approximate surface area is 200 Å². The lowest BCUT2D eigenvalue weighted by Gasteiger charge is -2.31. The molecule has 6 N–H and O–H groups in total. The minimum absolute atomic E-state index is 0.179. The van der Waals surface area contributed by atoms with Gasteiger partial charge in [-0.3, -0.25) is 0 Å². The van der Waals surface area contributed by atoms with E-state index in [-0.39, 0.29) is 35.7 Å². The number of hydrogen-bond donors (Lipinski definition) is 6. The maximum absolute atomic E-state index is 10.9. The second kappa shape index (κ2) is 10.4. The molecule has 0 spiro atoms. The van der Waals surface area contributed by atoms with Crippen molar-refractivity contribution in [2.24, 2.45) is 0 Å². The number of aromatic hydroxyl groups is 2. The molecule has 0 fully saturated rings. The highest BCUT2D eigenvalue weighted by Crippen LogP contribution is 2.44. The second-order valence-corrected chi connectivity index (χ2v) is 10.7. The van der Waals surface area contributed by atoms with Crippen molar-refractivity contribution in [2.45, 2.75) is 98.8 Å². The molecule has 0 aliphatic rings. The van der Waals surface area contributed by atoms with Crippen LogP contribution in [-0.4, -0.2) is 34.4 Å². The first-order chi connectivity index (χ1) is 15.2. The van der Waals surface area contributed by atoms with E-state index in [2.05, 4.69) is 90.5 Å². The van der Waals surface area contributed by atoms with E-state index in [1.54, 1.807) is 0 Å². The summed E-state index contributed by atoms with van der Waals surface area (Å²) in [5.41, 5.74) is 4.55. The van der Waals surface area contributed by atoms with Gasteiger partial charge in [-0.1, -0.05) is 13.8 Å². The molecule has 0 saturated carbocycles. The zero-order chi connectivity index (χ0) is 25.1. The van der Waals surface area contributed by atoms with Crippen molar-refractivity contribution < 1.29 is 10.2 Å². The molecule has 6 heteroatoms. The van der Waals surface area contributed by atoms with Gasteiger partial charge in [0.05, 0.1) is 22.7 Å². The van der Waals surface area contributed by atoms with Crippen LogP contribution < -0.4 is 21.3 Å². The Bertz CT molecular complexity index is 812. The van der Waals surface area contributed by atoms with Crippen LogP contribution in [0.4, 0.5) is 22.7 Å². The van der Waals surface area contributed by atoms with E-state index in [0.717, 1.165) is 11.1 Å². The van der Waals surface area contributed by atoms with Gasteiger partial charge in [0.15, 0.2) is 11.5 Å². The van der Waals surface area contributed by atoms with Gasteiger partial charge in [0.25, 0.3) is 0 Å². The molecule has 0 bridgehead atoms. The number of hydrogen-bond acceptors (Lipinski definition) is 6. The Kier molecular flexibility index (Phi) is 8.39. The molecule has 2 aromatic carbocycles. The predicted molar refractivity (Wildman–Crippen MR) is 143 cm³/mol. The first-order valence-electron chi connectivity index (χ1n) is 12.0. The van der Waals surface area contributed by atoms with Crippen LogP contribution in [0, 0.1) is 0 Å². The first kappa shape index (κ1) is 26.5. The maximum Gasteiger partial charge on any atom is 0.162 e. The minimum Gasteiger partial charge on any atom is -0.504 e. The zero-order valence-electron chi connectivity index (χ0n) is 22.0.